The molecule has 1 fully saturated rings. The number of rotatable bonds is 1. The van der Waals surface area contributed by atoms with Crippen LogP contribution in [0, 0.1) is 4.78 Å². The molecule has 14 heteroatoms. The number of carboxylic acids is 2. The van der Waals surface area contributed by atoms with Crippen LogP contribution in [-0.2, 0) is 19.3 Å². The number of aliphatic carboxylic acids is 2. The molecule has 1 aliphatic rings. The van der Waals surface area contributed by atoms with Crippen LogP contribution in [0.3, 0.4) is 0 Å². The third-order valence-electron chi connectivity index (χ3n) is 2.14. The molecule has 0 amide bonds. The maximum absolute atomic E-state index is 11.0. The number of carboxylic acid groups (broad SMARTS) is 2. The Kier molecular flexibility index (Phi) is 9.17. The molecule has 1 rings (SSSR count). The van der Waals surface area contributed by atoms with Crippen molar-refractivity contribution < 1.29 is 50.4 Å². The van der Waals surface area contributed by atoms with E-state index >= 15 is 0 Å². The lowest BCUT2D eigenvalue weighted by molar-refractivity contribution is -0.193. The highest BCUT2D eigenvalue weighted by molar-refractivity contribution is 7.92. The van der Waals surface area contributed by atoms with Gasteiger partial charge in [0, 0.05) is 22.5 Å². The first-order valence-electron chi connectivity index (χ1n) is 5.53. The van der Waals surface area contributed by atoms with E-state index in [1.54, 1.807) is 0 Å². The van der Waals surface area contributed by atoms with Gasteiger partial charge in [-0.25, -0.2) is 13.8 Å². The minimum atomic E-state index is -5.08. The average molecular weight is 376 g/mol. The van der Waals surface area contributed by atoms with Gasteiger partial charge in [0.15, 0.2) is 0 Å². The highest BCUT2D eigenvalue weighted by Crippen LogP contribution is 2.13. The fourth-order valence-corrected chi connectivity index (χ4v) is 2.02. The number of hydrogen-bond donors (Lipinski definition) is 4. The Morgan fingerprint density at radius 3 is 1.48 bits per heavy atom. The largest absolute Gasteiger partial charge is 0.490 e. The van der Waals surface area contributed by atoms with Gasteiger partial charge in [0.25, 0.3) is 0 Å². The van der Waals surface area contributed by atoms with Crippen molar-refractivity contribution in [3.8, 4) is 0 Å². The zero-order valence-electron chi connectivity index (χ0n) is 11.5. The topological polar surface area (TPSA) is 128 Å². The molecule has 138 valence electrons. The highest BCUT2D eigenvalue weighted by Gasteiger charge is 2.38. The number of halogens is 6. The molecule has 23 heavy (non-hydrogen) atoms. The first-order valence-corrected chi connectivity index (χ1v) is 7.56. The van der Waals surface area contributed by atoms with Crippen LogP contribution >= 0.6 is 0 Å². The van der Waals surface area contributed by atoms with Gasteiger partial charge in [0.2, 0.25) is 0 Å². The predicted molar refractivity (Wildman–Crippen MR) is 65.4 cm³/mol. The van der Waals surface area contributed by atoms with Gasteiger partial charge in [-0.05, 0) is 13.0 Å². The molecular formula is C9H14F6N2O5S. The van der Waals surface area contributed by atoms with Crippen molar-refractivity contribution in [2.45, 2.75) is 24.0 Å². The molecule has 4 N–H and O–H groups in total. The second-order valence-corrected chi connectivity index (χ2v) is 6.60. The summed E-state index contributed by atoms with van der Waals surface area (Å²) in [5.74, 6) is -5.51. The molecule has 0 saturated carbocycles. The third kappa shape index (κ3) is 12.6. The molecule has 7 nitrogen and oxygen atoms in total. The standard InChI is InChI=1S/C5H12N2OS.2C2HF3O2/c1-9(6,8)5-2-3-7-4-5;2*3-2(4,5)1(6)7/h5-7H,2-4H2,1H3;2*(H,6,7). The lowest BCUT2D eigenvalue weighted by atomic mass is 10.4. The van der Waals surface area contributed by atoms with E-state index in [1.807, 2.05) is 0 Å². The molecule has 1 saturated heterocycles. The molecule has 0 spiro atoms. The Morgan fingerprint density at radius 1 is 1.09 bits per heavy atom. The van der Waals surface area contributed by atoms with E-state index < -0.39 is 34.0 Å². The molecule has 2 atom stereocenters. The second kappa shape index (κ2) is 8.90. The predicted octanol–water partition coefficient (Wildman–Crippen LogP) is 1.29. The first-order chi connectivity index (χ1) is 9.99. The van der Waals surface area contributed by atoms with Crippen LogP contribution < -0.4 is 5.32 Å². The Hall–Kier alpha value is -1.57. The van der Waals surface area contributed by atoms with Crippen molar-refractivity contribution in [1.29, 1.82) is 4.78 Å². The highest BCUT2D eigenvalue weighted by atomic mass is 32.2. The SMILES string of the molecule is CS(=N)(=O)C1CCNC1.O=C(O)C(F)(F)F.O=C(O)C(F)(F)F. The fourth-order valence-electron chi connectivity index (χ4n) is 1.01. The molecule has 0 aromatic heterocycles. The summed E-state index contributed by atoms with van der Waals surface area (Å²) in [6.07, 6.45) is -7.75. The van der Waals surface area contributed by atoms with Gasteiger partial charge in [0.05, 0.1) is 5.25 Å². The van der Waals surface area contributed by atoms with Gasteiger partial charge < -0.3 is 15.5 Å². The Morgan fingerprint density at radius 2 is 1.39 bits per heavy atom. The number of nitrogens with one attached hydrogen (secondary N) is 2. The molecule has 0 aliphatic carbocycles. The summed E-state index contributed by atoms with van der Waals surface area (Å²) in [7, 11) is -2.27. The average Bonchev–Trinajstić information content (AvgIpc) is 2.80. The van der Waals surface area contributed by atoms with Crippen molar-refractivity contribution in [1.82, 2.24) is 5.32 Å². The molecule has 1 aliphatic heterocycles. The van der Waals surface area contributed by atoms with Crippen LogP contribution in [0.25, 0.3) is 0 Å². The zero-order valence-corrected chi connectivity index (χ0v) is 12.3. The van der Waals surface area contributed by atoms with E-state index in [4.69, 9.17) is 24.6 Å². The zero-order chi connectivity index (χ0) is 19.1. The molecule has 1 heterocycles. The van der Waals surface area contributed by atoms with E-state index in [0.29, 0.717) is 0 Å². The van der Waals surface area contributed by atoms with E-state index in [-0.39, 0.29) is 5.25 Å². The van der Waals surface area contributed by atoms with Crippen molar-refractivity contribution in [3.63, 3.8) is 0 Å². The van der Waals surface area contributed by atoms with E-state index in [1.165, 1.54) is 6.26 Å². The van der Waals surface area contributed by atoms with Crippen LogP contribution in [0.1, 0.15) is 6.42 Å². The van der Waals surface area contributed by atoms with Crippen LogP contribution in [0.5, 0.6) is 0 Å². The van der Waals surface area contributed by atoms with Gasteiger partial charge >= 0.3 is 24.3 Å². The fraction of sp³-hybridized carbons (Fsp3) is 0.778. The van der Waals surface area contributed by atoms with Crippen LogP contribution in [0.15, 0.2) is 0 Å². The number of carbonyl (C=O) groups is 2. The van der Waals surface area contributed by atoms with Crippen LogP contribution in [-0.4, -0.2) is 63.3 Å². The normalized spacial score (nSPS) is 20.2. The minimum absolute atomic E-state index is 0.0949. The summed E-state index contributed by atoms with van der Waals surface area (Å²) in [5.41, 5.74) is 0. The minimum Gasteiger partial charge on any atom is -0.475 e. The van der Waals surface area contributed by atoms with Gasteiger partial charge in [-0.2, -0.15) is 26.3 Å². The number of alkyl halides is 6. The molecule has 0 aromatic rings. The number of hydrogen-bond acceptors (Lipinski definition) is 5. The van der Waals surface area contributed by atoms with E-state index in [9.17, 15) is 30.6 Å². The van der Waals surface area contributed by atoms with Gasteiger partial charge in [0.1, 0.15) is 0 Å². The van der Waals surface area contributed by atoms with Crippen LogP contribution in [0.2, 0.25) is 0 Å². The summed E-state index contributed by atoms with van der Waals surface area (Å²) in [4.78, 5) is 17.8. The summed E-state index contributed by atoms with van der Waals surface area (Å²) in [6, 6.07) is 0. The van der Waals surface area contributed by atoms with E-state index in [2.05, 4.69) is 5.32 Å². The van der Waals surface area contributed by atoms with Gasteiger partial charge in [-0.3, -0.25) is 4.78 Å². The lowest BCUT2D eigenvalue weighted by Gasteiger charge is -2.06. The van der Waals surface area contributed by atoms with Crippen molar-refractivity contribution >= 4 is 21.7 Å². The summed E-state index contributed by atoms with van der Waals surface area (Å²) < 4.78 is 81.7. The first kappa shape index (κ1) is 23.7. The van der Waals surface area contributed by atoms with Gasteiger partial charge in [-0.1, -0.05) is 0 Å². The summed E-state index contributed by atoms with van der Waals surface area (Å²) in [6.45, 7) is 1.69. The van der Waals surface area contributed by atoms with Crippen LogP contribution in [0.4, 0.5) is 26.3 Å². The molecule has 2 unspecified atom stereocenters. The second-order valence-electron chi connectivity index (χ2n) is 4.12. The monoisotopic (exact) mass is 376 g/mol. The van der Waals surface area contributed by atoms with Crippen molar-refractivity contribution in [2.75, 3.05) is 19.3 Å². The maximum atomic E-state index is 11.0. The molecular weight excluding hydrogens is 362 g/mol. The molecule has 0 aromatic carbocycles. The van der Waals surface area contributed by atoms with E-state index in [0.717, 1.165) is 19.5 Å². The quantitative estimate of drug-likeness (QED) is 0.511. The van der Waals surface area contributed by atoms with Crippen molar-refractivity contribution in [3.05, 3.63) is 0 Å². The molecule has 0 bridgehead atoms. The Bertz CT molecular complexity index is 472. The molecule has 0 radical (unpaired) electrons. The summed E-state index contributed by atoms with van der Waals surface area (Å²) >= 11 is 0. The van der Waals surface area contributed by atoms with Crippen molar-refractivity contribution in [2.24, 2.45) is 0 Å². The Balaban J connectivity index is 0. The summed E-state index contributed by atoms with van der Waals surface area (Å²) in [5, 5.41) is 17.4. The Labute approximate surface area is 126 Å². The third-order valence-corrected chi connectivity index (χ3v) is 3.81. The smallest absolute Gasteiger partial charge is 0.475 e. The van der Waals surface area contributed by atoms with Gasteiger partial charge in [-0.15, -0.1) is 0 Å². The lowest BCUT2D eigenvalue weighted by Crippen LogP contribution is -2.21. The maximum Gasteiger partial charge on any atom is 0.490 e.